The summed E-state index contributed by atoms with van der Waals surface area (Å²) >= 11 is 1.41. The minimum absolute atomic E-state index is 0.140. The van der Waals surface area contributed by atoms with Crippen molar-refractivity contribution in [2.45, 2.75) is 51.7 Å². The van der Waals surface area contributed by atoms with Crippen molar-refractivity contribution in [3.05, 3.63) is 16.0 Å². The van der Waals surface area contributed by atoms with Gasteiger partial charge in [-0.05, 0) is 38.7 Å². The van der Waals surface area contributed by atoms with Gasteiger partial charge in [-0.3, -0.25) is 5.32 Å². The third-order valence-electron chi connectivity index (χ3n) is 4.54. The molecule has 2 amide bonds. The van der Waals surface area contributed by atoms with Crippen molar-refractivity contribution in [3.8, 4) is 0 Å². The summed E-state index contributed by atoms with van der Waals surface area (Å²) in [6.45, 7) is 5.99. The number of thiophene rings is 1. The van der Waals surface area contributed by atoms with E-state index >= 15 is 0 Å². The van der Waals surface area contributed by atoms with E-state index in [0.29, 0.717) is 23.6 Å². The van der Waals surface area contributed by atoms with Gasteiger partial charge >= 0.3 is 12.0 Å². The van der Waals surface area contributed by atoms with E-state index < -0.39 is 5.97 Å². The average molecular weight is 352 g/mol. The Balaban J connectivity index is 1.88. The lowest BCUT2D eigenvalue weighted by Gasteiger charge is -2.30. The fraction of sp³-hybridized carbons (Fsp3) is 0.647. The summed E-state index contributed by atoms with van der Waals surface area (Å²) in [7, 11) is 1.37. The third kappa shape index (κ3) is 3.42. The lowest BCUT2D eigenvalue weighted by atomic mass is 9.93. The second-order valence-electron chi connectivity index (χ2n) is 6.90. The van der Waals surface area contributed by atoms with Gasteiger partial charge in [-0.15, -0.1) is 11.3 Å². The number of ether oxygens (including phenoxy) is 2. The molecule has 3 rings (SSSR count). The van der Waals surface area contributed by atoms with Gasteiger partial charge < -0.3 is 14.4 Å². The number of hydrogen-bond acceptors (Lipinski definition) is 5. The number of piperidine rings is 1. The van der Waals surface area contributed by atoms with Crippen LogP contribution in [-0.4, -0.2) is 42.7 Å². The first-order valence-electron chi connectivity index (χ1n) is 8.34. The van der Waals surface area contributed by atoms with E-state index in [0.717, 1.165) is 42.8 Å². The molecule has 1 aromatic rings. The maximum atomic E-state index is 12.5. The number of anilines is 1. The summed E-state index contributed by atoms with van der Waals surface area (Å²) in [5, 5.41) is 3.50. The number of amides is 2. The SMILES string of the molecule is COC(=O)c1c(NC(=O)N2CCCCC2)sc2c1CC(C)(C)OC2. The van der Waals surface area contributed by atoms with Crippen LogP contribution in [0.2, 0.25) is 0 Å². The number of nitrogens with one attached hydrogen (secondary N) is 1. The second-order valence-corrected chi connectivity index (χ2v) is 8.01. The maximum Gasteiger partial charge on any atom is 0.341 e. The number of likely N-dealkylation sites (tertiary alicyclic amines) is 1. The first-order chi connectivity index (χ1) is 11.4. The quantitative estimate of drug-likeness (QED) is 0.828. The van der Waals surface area contributed by atoms with Crippen LogP contribution in [0.4, 0.5) is 9.80 Å². The van der Waals surface area contributed by atoms with E-state index in [9.17, 15) is 9.59 Å². The summed E-state index contributed by atoms with van der Waals surface area (Å²) in [4.78, 5) is 27.6. The van der Waals surface area contributed by atoms with Crippen LogP contribution in [0.5, 0.6) is 0 Å². The molecular weight excluding hydrogens is 328 g/mol. The maximum absolute atomic E-state index is 12.5. The van der Waals surface area contributed by atoms with Gasteiger partial charge in [0.2, 0.25) is 0 Å². The molecule has 0 aliphatic carbocycles. The molecule has 0 radical (unpaired) electrons. The fourth-order valence-electron chi connectivity index (χ4n) is 3.23. The Kier molecular flexibility index (Phi) is 4.83. The van der Waals surface area contributed by atoms with Gasteiger partial charge in [-0.1, -0.05) is 0 Å². The van der Waals surface area contributed by atoms with Crippen LogP contribution in [0.25, 0.3) is 0 Å². The van der Waals surface area contributed by atoms with E-state index in [1.54, 1.807) is 0 Å². The Labute approximate surface area is 146 Å². The molecule has 7 heteroatoms. The van der Waals surface area contributed by atoms with Gasteiger partial charge in [-0.2, -0.15) is 0 Å². The molecule has 2 aliphatic heterocycles. The van der Waals surface area contributed by atoms with E-state index in [1.807, 2.05) is 18.7 Å². The molecule has 2 aliphatic rings. The summed E-state index contributed by atoms with van der Waals surface area (Å²) in [5.74, 6) is -0.404. The minimum atomic E-state index is -0.404. The number of carbonyl (C=O) groups excluding carboxylic acids is 2. The van der Waals surface area contributed by atoms with E-state index in [-0.39, 0.29) is 11.6 Å². The molecule has 6 nitrogen and oxygen atoms in total. The molecule has 0 unspecified atom stereocenters. The molecule has 0 aromatic carbocycles. The normalized spacial score (nSPS) is 19.5. The van der Waals surface area contributed by atoms with Crippen molar-refractivity contribution in [2.75, 3.05) is 25.5 Å². The highest BCUT2D eigenvalue weighted by Crippen LogP contribution is 2.40. The zero-order valence-corrected chi connectivity index (χ0v) is 15.3. The molecule has 0 atom stereocenters. The van der Waals surface area contributed by atoms with Crippen LogP contribution in [0, 0.1) is 0 Å². The summed E-state index contributed by atoms with van der Waals surface area (Å²) in [6, 6.07) is -0.140. The van der Waals surface area contributed by atoms with E-state index in [1.165, 1.54) is 18.4 Å². The standard InChI is InChI=1S/C17H24N2O4S/c1-17(2)9-11-12(10-23-17)24-14(13(11)15(20)22-3)18-16(21)19-7-5-4-6-8-19/h4-10H2,1-3H3,(H,18,21). The van der Waals surface area contributed by atoms with Crippen LogP contribution in [-0.2, 0) is 22.5 Å². The van der Waals surface area contributed by atoms with Gasteiger partial charge in [0.1, 0.15) is 5.00 Å². The number of carbonyl (C=O) groups is 2. The number of methoxy groups -OCH3 is 1. The van der Waals surface area contributed by atoms with E-state index in [2.05, 4.69) is 5.32 Å². The highest BCUT2D eigenvalue weighted by molar-refractivity contribution is 7.17. The van der Waals surface area contributed by atoms with Crippen molar-refractivity contribution < 1.29 is 19.1 Å². The molecule has 0 spiro atoms. The van der Waals surface area contributed by atoms with Crippen molar-refractivity contribution in [1.29, 1.82) is 0 Å². The number of nitrogens with zero attached hydrogens (tertiary/aromatic N) is 1. The zero-order chi connectivity index (χ0) is 17.3. The Bertz CT molecular complexity index is 647. The smallest absolute Gasteiger partial charge is 0.341 e. The lowest BCUT2D eigenvalue weighted by Crippen LogP contribution is -2.38. The molecule has 0 saturated carbocycles. The Morgan fingerprint density at radius 3 is 2.62 bits per heavy atom. The molecular formula is C17H24N2O4S. The Morgan fingerprint density at radius 2 is 1.96 bits per heavy atom. The van der Waals surface area contributed by atoms with Crippen LogP contribution in [0.15, 0.2) is 0 Å². The van der Waals surface area contributed by atoms with Crippen molar-refractivity contribution in [1.82, 2.24) is 4.90 Å². The monoisotopic (exact) mass is 352 g/mol. The minimum Gasteiger partial charge on any atom is -0.465 e. The predicted octanol–water partition coefficient (Wildman–Crippen LogP) is 3.40. The van der Waals surface area contributed by atoms with Crippen LogP contribution < -0.4 is 5.32 Å². The topological polar surface area (TPSA) is 67.9 Å². The van der Waals surface area contributed by atoms with Gasteiger partial charge in [0.15, 0.2) is 0 Å². The second kappa shape index (κ2) is 6.72. The highest BCUT2D eigenvalue weighted by atomic mass is 32.1. The number of esters is 1. The summed E-state index contributed by atoms with van der Waals surface area (Å²) in [5.41, 5.74) is 1.10. The number of rotatable bonds is 2. The molecule has 0 bridgehead atoms. The fourth-order valence-corrected chi connectivity index (χ4v) is 4.34. The molecule has 3 heterocycles. The summed E-state index contributed by atoms with van der Waals surface area (Å²) < 4.78 is 10.8. The van der Waals surface area contributed by atoms with Crippen LogP contribution in [0.1, 0.15) is 53.9 Å². The van der Waals surface area contributed by atoms with Crippen molar-refractivity contribution >= 4 is 28.3 Å². The van der Waals surface area contributed by atoms with Gasteiger partial charge in [-0.25, -0.2) is 9.59 Å². The molecule has 1 aromatic heterocycles. The largest absolute Gasteiger partial charge is 0.465 e. The van der Waals surface area contributed by atoms with Crippen molar-refractivity contribution in [2.24, 2.45) is 0 Å². The lowest BCUT2D eigenvalue weighted by molar-refractivity contribution is -0.0384. The molecule has 1 saturated heterocycles. The average Bonchev–Trinajstić information content (AvgIpc) is 2.90. The molecule has 1 N–H and O–H groups in total. The highest BCUT2D eigenvalue weighted by Gasteiger charge is 2.34. The first-order valence-corrected chi connectivity index (χ1v) is 9.15. The predicted molar refractivity (Wildman–Crippen MR) is 92.7 cm³/mol. The van der Waals surface area contributed by atoms with E-state index in [4.69, 9.17) is 9.47 Å². The Hall–Kier alpha value is -1.60. The molecule has 1 fully saturated rings. The number of urea groups is 1. The molecule has 132 valence electrons. The number of hydrogen-bond donors (Lipinski definition) is 1. The summed E-state index contributed by atoms with van der Waals surface area (Å²) in [6.07, 6.45) is 3.85. The van der Waals surface area contributed by atoms with Crippen LogP contribution in [0.3, 0.4) is 0 Å². The van der Waals surface area contributed by atoms with Crippen molar-refractivity contribution in [3.63, 3.8) is 0 Å². The van der Waals surface area contributed by atoms with Gasteiger partial charge in [0.25, 0.3) is 0 Å². The van der Waals surface area contributed by atoms with Gasteiger partial charge in [0, 0.05) is 24.4 Å². The van der Waals surface area contributed by atoms with Gasteiger partial charge in [0.05, 0.1) is 24.9 Å². The number of fused-ring (bicyclic) bond motifs is 1. The van der Waals surface area contributed by atoms with Crippen LogP contribution >= 0.6 is 11.3 Å². The Morgan fingerprint density at radius 1 is 1.25 bits per heavy atom. The third-order valence-corrected chi connectivity index (χ3v) is 5.66. The molecule has 24 heavy (non-hydrogen) atoms. The zero-order valence-electron chi connectivity index (χ0n) is 14.4. The first kappa shape index (κ1) is 17.2.